The van der Waals surface area contributed by atoms with Gasteiger partial charge in [-0.25, -0.2) is 4.98 Å². The Morgan fingerprint density at radius 2 is 1.85 bits per heavy atom. The van der Waals surface area contributed by atoms with Crippen LogP contribution in [0, 0.1) is 11.8 Å². The first kappa shape index (κ1) is 20.5. The maximum absolute atomic E-state index is 5.97. The van der Waals surface area contributed by atoms with Crippen molar-refractivity contribution in [2.75, 3.05) is 0 Å². The first-order valence-electron chi connectivity index (χ1n) is 11.7. The number of aromatic nitrogens is 5. The average molecular weight is 458 g/mol. The van der Waals surface area contributed by atoms with E-state index < -0.39 is 0 Å². The molecule has 168 valence electrons. The number of hydrogen-bond acceptors (Lipinski definition) is 6. The zero-order valence-electron chi connectivity index (χ0n) is 18.7. The van der Waals surface area contributed by atoms with Gasteiger partial charge in [-0.05, 0) is 66.5 Å². The highest BCUT2D eigenvalue weighted by atomic mass is 32.1. The fraction of sp³-hybridized carbons (Fsp3) is 0.385. The summed E-state index contributed by atoms with van der Waals surface area (Å²) in [6.07, 6.45) is 7.04. The molecule has 0 aliphatic heterocycles. The van der Waals surface area contributed by atoms with Gasteiger partial charge in [0.1, 0.15) is 17.4 Å². The molecule has 0 amide bonds. The molecule has 0 unspecified atom stereocenters. The molecule has 7 heteroatoms. The topological polar surface area (TPSA) is 65.7 Å². The summed E-state index contributed by atoms with van der Waals surface area (Å²) in [5.74, 6) is 3.09. The lowest BCUT2D eigenvalue weighted by Gasteiger charge is -2.39. The van der Waals surface area contributed by atoms with Crippen LogP contribution >= 0.6 is 11.3 Å². The molecular weight excluding hydrogens is 430 g/mol. The zero-order valence-corrected chi connectivity index (χ0v) is 19.5. The summed E-state index contributed by atoms with van der Waals surface area (Å²) in [6.45, 7) is 3.26. The predicted molar refractivity (Wildman–Crippen MR) is 128 cm³/mol. The van der Waals surface area contributed by atoms with Crippen LogP contribution in [0.1, 0.15) is 48.7 Å². The van der Waals surface area contributed by atoms with E-state index in [4.69, 9.17) is 4.74 Å². The number of benzene rings is 2. The van der Waals surface area contributed by atoms with Crippen LogP contribution in [-0.4, -0.2) is 25.2 Å². The van der Waals surface area contributed by atoms with Gasteiger partial charge in [-0.1, -0.05) is 42.8 Å². The molecule has 2 bridgehead atoms. The standard InChI is InChI=1S/C26H27N5OS/c1-2-31-29-25(28-30-31)19-4-7-20(8-5-19)26(16-18-3-6-22(26)15-18)21-9-11-23(12-10-21)32-17-24-27-13-14-33-24/h4-5,7-14,18,22H,2-3,6,15-17H2,1H3/t18-,22+,26+/m1/s1. The van der Waals surface area contributed by atoms with Crippen LogP contribution < -0.4 is 4.74 Å². The number of aryl methyl sites for hydroxylation is 1. The molecule has 2 aromatic heterocycles. The van der Waals surface area contributed by atoms with Crippen molar-refractivity contribution in [3.05, 3.63) is 76.2 Å². The van der Waals surface area contributed by atoms with Gasteiger partial charge in [-0.15, -0.1) is 21.5 Å². The summed E-state index contributed by atoms with van der Waals surface area (Å²) in [4.78, 5) is 5.93. The van der Waals surface area contributed by atoms with Gasteiger partial charge in [0.25, 0.3) is 0 Å². The lowest BCUT2D eigenvalue weighted by Crippen LogP contribution is -2.34. The molecule has 0 saturated heterocycles. The Hall–Kier alpha value is -3.06. The molecule has 2 aliphatic rings. The molecular formula is C26H27N5OS. The minimum atomic E-state index is 0.0732. The molecule has 33 heavy (non-hydrogen) atoms. The average Bonchev–Trinajstić information content (AvgIpc) is 3.67. The summed E-state index contributed by atoms with van der Waals surface area (Å²) >= 11 is 1.62. The van der Waals surface area contributed by atoms with E-state index in [2.05, 4.69) is 68.9 Å². The fourth-order valence-electron chi connectivity index (χ4n) is 5.93. The summed E-state index contributed by atoms with van der Waals surface area (Å²) in [5.41, 5.74) is 3.89. The molecule has 2 heterocycles. The van der Waals surface area contributed by atoms with E-state index in [1.807, 2.05) is 18.5 Å². The second-order valence-electron chi connectivity index (χ2n) is 9.17. The zero-order chi connectivity index (χ0) is 22.3. The molecule has 0 N–H and O–H groups in total. The van der Waals surface area contributed by atoms with Gasteiger partial charge >= 0.3 is 0 Å². The largest absolute Gasteiger partial charge is 0.486 e. The van der Waals surface area contributed by atoms with Crippen molar-refractivity contribution < 1.29 is 4.74 Å². The monoisotopic (exact) mass is 457 g/mol. The van der Waals surface area contributed by atoms with E-state index in [1.54, 1.807) is 16.1 Å². The Labute approximate surface area is 197 Å². The molecule has 2 fully saturated rings. The highest BCUT2D eigenvalue weighted by molar-refractivity contribution is 7.09. The third-order valence-electron chi connectivity index (χ3n) is 7.46. The van der Waals surface area contributed by atoms with Crippen molar-refractivity contribution >= 4 is 11.3 Å². The summed E-state index contributed by atoms with van der Waals surface area (Å²) in [7, 11) is 0. The molecule has 3 atom stereocenters. The van der Waals surface area contributed by atoms with Crippen LogP contribution in [0.5, 0.6) is 5.75 Å². The molecule has 0 radical (unpaired) electrons. The minimum Gasteiger partial charge on any atom is -0.486 e. The van der Waals surface area contributed by atoms with Crippen molar-refractivity contribution in [1.82, 2.24) is 25.2 Å². The summed E-state index contributed by atoms with van der Waals surface area (Å²) in [6, 6.07) is 17.7. The van der Waals surface area contributed by atoms with Gasteiger partial charge in [-0.3, -0.25) is 0 Å². The van der Waals surface area contributed by atoms with Crippen molar-refractivity contribution in [2.24, 2.45) is 11.8 Å². The maximum atomic E-state index is 5.97. The third-order valence-corrected chi connectivity index (χ3v) is 8.21. The normalized spacial score (nSPS) is 23.8. The van der Waals surface area contributed by atoms with Crippen molar-refractivity contribution in [1.29, 1.82) is 0 Å². The highest BCUT2D eigenvalue weighted by Crippen LogP contribution is 2.60. The van der Waals surface area contributed by atoms with Crippen LogP contribution in [0.15, 0.2) is 60.1 Å². The molecule has 6 rings (SSSR count). The van der Waals surface area contributed by atoms with Gasteiger partial charge in [0.05, 0.1) is 6.54 Å². The molecule has 2 saturated carbocycles. The van der Waals surface area contributed by atoms with Crippen LogP contribution in [0.4, 0.5) is 0 Å². The molecule has 0 spiro atoms. The van der Waals surface area contributed by atoms with E-state index in [1.165, 1.54) is 36.8 Å². The molecule has 2 aromatic carbocycles. The molecule has 6 nitrogen and oxygen atoms in total. The van der Waals surface area contributed by atoms with E-state index in [-0.39, 0.29) is 5.41 Å². The van der Waals surface area contributed by atoms with Gasteiger partial charge in [-0.2, -0.15) is 4.80 Å². The molecule has 4 aromatic rings. The number of hydrogen-bond donors (Lipinski definition) is 0. The van der Waals surface area contributed by atoms with E-state index in [0.717, 1.165) is 28.8 Å². The first-order chi connectivity index (χ1) is 16.2. The lowest BCUT2D eigenvalue weighted by molar-refractivity contribution is 0.303. The smallest absolute Gasteiger partial charge is 0.204 e. The second-order valence-corrected chi connectivity index (χ2v) is 10.1. The van der Waals surface area contributed by atoms with Gasteiger partial charge in [0.15, 0.2) is 0 Å². The van der Waals surface area contributed by atoms with Crippen molar-refractivity contribution in [3.63, 3.8) is 0 Å². The van der Waals surface area contributed by atoms with E-state index in [9.17, 15) is 0 Å². The summed E-state index contributed by atoms with van der Waals surface area (Å²) < 4.78 is 5.97. The maximum Gasteiger partial charge on any atom is 0.204 e. The minimum absolute atomic E-state index is 0.0732. The van der Waals surface area contributed by atoms with Gasteiger partial charge in [0, 0.05) is 22.6 Å². The van der Waals surface area contributed by atoms with Gasteiger partial charge < -0.3 is 4.74 Å². The number of tetrazole rings is 1. The number of rotatable bonds is 7. The number of thiazole rings is 1. The van der Waals surface area contributed by atoms with Gasteiger partial charge in [0.2, 0.25) is 5.82 Å². The van der Waals surface area contributed by atoms with Crippen LogP contribution in [0.2, 0.25) is 0 Å². The van der Waals surface area contributed by atoms with E-state index >= 15 is 0 Å². The third kappa shape index (κ3) is 3.64. The Bertz CT molecular complexity index is 1220. The van der Waals surface area contributed by atoms with Crippen molar-refractivity contribution in [3.8, 4) is 17.1 Å². The van der Waals surface area contributed by atoms with Crippen LogP contribution in [0.25, 0.3) is 11.4 Å². The summed E-state index contributed by atoms with van der Waals surface area (Å²) in [5, 5.41) is 15.8. The van der Waals surface area contributed by atoms with Crippen LogP contribution in [0.3, 0.4) is 0 Å². The Morgan fingerprint density at radius 3 is 2.45 bits per heavy atom. The molecule has 2 aliphatic carbocycles. The SMILES string of the molecule is CCn1nnc(-c2ccc([C@]3(c4ccc(OCc5nccs5)cc4)C[C@@H]4CC[C@H]3C4)cc2)n1. The predicted octanol–water partition coefficient (Wildman–Crippen LogP) is 5.50. The number of nitrogens with zero attached hydrogens (tertiary/aromatic N) is 5. The van der Waals surface area contributed by atoms with Crippen molar-refractivity contribution in [2.45, 2.75) is 51.2 Å². The Balaban J connectivity index is 1.29. The number of fused-ring (bicyclic) bond motifs is 2. The quantitative estimate of drug-likeness (QED) is 0.367. The van der Waals surface area contributed by atoms with Crippen LogP contribution in [-0.2, 0) is 18.6 Å². The number of ether oxygens (including phenoxy) is 1. The Kier molecular flexibility index (Phi) is 5.21. The first-order valence-corrected chi connectivity index (χ1v) is 12.6. The lowest BCUT2D eigenvalue weighted by atomic mass is 9.64. The Morgan fingerprint density at radius 1 is 1.06 bits per heavy atom. The fourth-order valence-corrected chi connectivity index (χ4v) is 6.46. The second kappa shape index (κ2) is 8.37. The van der Waals surface area contributed by atoms with E-state index in [0.29, 0.717) is 18.3 Å². The highest BCUT2D eigenvalue weighted by Gasteiger charge is 2.52.